The summed E-state index contributed by atoms with van der Waals surface area (Å²) in [6.45, 7) is 4.36. The molecule has 1 fully saturated rings. The van der Waals surface area contributed by atoms with Gasteiger partial charge in [-0.15, -0.1) is 0 Å². The molecule has 136 valence electrons. The number of halogens is 1. The van der Waals surface area contributed by atoms with Gasteiger partial charge in [0.25, 0.3) is 5.56 Å². The number of ether oxygens (including phenoxy) is 1. The molecule has 1 heterocycles. The van der Waals surface area contributed by atoms with E-state index in [0.29, 0.717) is 16.2 Å². The summed E-state index contributed by atoms with van der Waals surface area (Å²) < 4.78 is 6.20. The standard InChI is InChI=1S/C20H27ClN2O2/c1-3-7-20(13(2)22)8-4-15(5-9-20)25-18-11-14-6-10-23-19(24)16(14)12-17(18)21/h6,10-13,15H,3-5,7-9,22H2,1-2H3,(H,23,24)/t13-,15?,20?/m1/s1. The van der Waals surface area contributed by atoms with Gasteiger partial charge in [0.1, 0.15) is 5.75 Å². The molecule has 0 unspecified atom stereocenters. The summed E-state index contributed by atoms with van der Waals surface area (Å²) in [7, 11) is 0. The molecular weight excluding hydrogens is 336 g/mol. The lowest BCUT2D eigenvalue weighted by Crippen LogP contribution is -2.44. The van der Waals surface area contributed by atoms with Gasteiger partial charge in [0, 0.05) is 17.6 Å². The highest BCUT2D eigenvalue weighted by Crippen LogP contribution is 2.44. The van der Waals surface area contributed by atoms with Gasteiger partial charge < -0.3 is 15.5 Å². The number of aromatic amines is 1. The second kappa shape index (κ2) is 7.38. The third-order valence-electron chi connectivity index (χ3n) is 5.76. The van der Waals surface area contributed by atoms with Crippen molar-refractivity contribution in [3.8, 4) is 5.75 Å². The largest absolute Gasteiger partial charge is 0.489 e. The Morgan fingerprint density at radius 1 is 1.40 bits per heavy atom. The molecule has 0 spiro atoms. The third-order valence-corrected chi connectivity index (χ3v) is 6.06. The van der Waals surface area contributed by atoms with E-state index in [9.17, 15) is 4.79 Å². The van der Waals surface area contributed by atoms with E-state index in [1.165, 1.54) is 6.42 Å². The molecule has 25 heavy (non-hydrogen) atoms. The van der Waals surface area contributed by atoms with Crippen molar-refractivity contribution >= 4 is 22.4 Å². The number of rotatable bonds is 5. The second-order valence-corrected chi connectivity index (χ2v) is 7.80. The van der Waals surface area contributed by atoms with Crippen LogP contribution in [0.15, 0.2) is 29.2 Å². The second-order valence-electron chi connectivity index (χ2n) is 7.39. The van der Waals surface area contributed by atoms with Gasteiger partial charge in [-0.25, -0.2) is 0 Å². The molecule has 5 heteroatoms. The van der Waals surface area contributed by atoms with E-state index >= 15 is 0 Å². The van der Waals surface area contributed by atoms with Gasteiger partial charge in [-0.1, -0.05) is 24.9 Å². The summed E-state index contributed by atoms with van der Waals surface area (Å²) in [6, 6.07) is 5.64. The average Bonchev–Trinajstić information content (AvgIpc) is 2.58. The van der Waals surface area contributed by atoms with Crippen LogP contribution in [-0.4, -0.2) is 17.1 Å². The highest BCUT2D eigenvalue weighted by atomic mass is 35.5. The molecule has 0 amide bonds. The predicted molar refractivity (Wildman–Crippen MR) is 103 cm³/mol. The molecule has 1 aliphatic rings. The van der Waals surface area contributed by atoms with E-state index in [-0.39, 0.29) is 23.1 Å². The first-order valence-electron chi connectivity index (χ1n) is 9.18. The number of aromatic nitrogens is 1. The minimum atomic E-state index is -0.134. The molecule has 0 saturated heterocycles. The van der Waals surface area contributed by atoms with E-state index < -0.39 is 0 Å². The van der Waals surface area contributed by atoms with Crippen molar-refractivity contribution in [2.24, 2.45) is 11.1 Å². The van der Waals surface area contributed by atoms with E-state index in [1.54, 1.807) is 12.3 Å². The third kappa shape index (κ3) is 3.70. The molecule has 3 rings (SSSR count). The van der Waals surface area contributed by atoms with E-state index in [0.717, 1.165) is 37.5 Å². The zero-order valence-electron chi connectivity index (χ0n) is 15.0. The Kier molecular flexibility index (Phi) is 5.40. The van der Waals surface area contributed by atoms with Crippen LogP contribution in [0.2, 0.25) is 5.02 Å². The van der Waals surface area contributed by atoms with Crippen LogP contribution in [0, 0.1) is 5.41 Å². The van der Waals surface area contributed by atoms with Gasteiger partial charge in [-0.2, -0.15) is 0 Å². The SMILES string of the molecule is CCCC1([C@@H](C)N)CCC(Oc2cc3cc[nH]c(=O)c3cc2Cl)CC1. The molecule has 1 aromatic carbocycles. The number of pyridine rings is 1. The molecule has 4 nitrogen and oxygen atoms in total. The zero-order chi connectivity index (χ0) is 18.0. The topological polar surface area (TPSA) is 68.1 Å². The monoisotopic (exact) mass is 362 g/mol. The highest BCUT2D eigenvalue weighted by Gasteiger charge is 2.38. The lowest BCUT2D eigenvalue weighted by molar-refractivity contribution is 0.0580. The van der Waals surface area contributed by atoms with Gasteiger partial charge >= 0.3 is 0 Å². The number of fused-ring (bicyclic) bond motifs is 1. The van der Waals surface area contributed by atoms with Crippen LogP contribution in [0.5, 0.6) is 5.75 Å². The Morgan fingerprint density at radius 3 is 2.76 bits per heavy atom. The first-order chi connectivity index (χ1) is 11.9. The fourth-order valence-corrected chi connectivity index (χ4v) is 4.38. The normalized spacial score (nSPS) is 25.0. The molecule has 3 N–H and O–H groups in total. The van der Waals surface area contributed by atoms with Crippen LogP contribution in [0.3, 0.4) is 0 Å². The van der Waals surface area contributed by atoms with Crippen molar-refractivity contribution in [2.45, 2.75) is 64.5 Å². The number of nitrogens with one attached hydrogen (secondary N) is 1. The van der Waals surface area contributed by atoms with Crippen LogP contribution >= 0.6 is 11.6 Å². The average molecular weight is 363 g/mol. The maximum Gasteiger partial charge on any atom is 0.255 e. The smallest absolute Gasteiger partial charge is 0.255 e. The molecule has 0 aliphatic heterocycles. The van der Waals surface area contributed by atoms with Gasteiger partial charge in [-0.3, -0.25) is 4.79 Å². The van der Waals surface area contributed by atoms with Crippen molar-refractivity contribution in [2.75, 3.05) is 0 Å². The first kappa shape index (κ1) is 18.3. The Labute approximate surface area is 153 Å². The van der Waals surface area contributed by atoms with Crippen LogP contribution in [0.1, 0.15) is 52.4 Å². The molecule has 2 aromatic rings. The number of benzene rings is 1. The Bertz CT molecular complexity index is 792. The minimum absolute atomic E-state index is 0.134. The fourth-order valence-electron chi connectivity index (χ4n) is 4.17. The zero-order valence-corrected chi connectivity index (χ0v) is 15.7. The van der Waals surface area contributed by atoms with E-state index in [4.69, 9.17) is 22.1 Å². The number of hydrogen-bond donors (Lipinski definition) is 2. The van der Waals surface area contributed by atoms with Crippen LogP contribution < -0.4 is 16.0 Å². The Hall–Kier alpha value is -1.52. The van der Waals surface area contributed by atoms with Gasteiger partial charge in [-0.05, 0) is 68.0 Å². The summed E-state index contributed by atoms with van der Waals surface area (Å²) in [6.07, 6.45) is 8.30. The van der Waals surface area contributed by atoms with Crippen molar-refractivity contribution < 1.29 is 4.74 Å². The summed E-state index contributed by atoms with van der Waals surface area (Å²) in [5, 5.41) is 1.92. The fraction of sp³-hybridized carbons (Fsp3) is 0.550. The van der Waals surface area contributed by atoms with E-state index in [1.807, 2.05) is 12.1 Å². The Balaban J connectivity index is 1.75. The number of nitrogens with two attached hydrogens (primary N) is 1. The molecule has 0 radical (unpaired) electrons. The Morgan fingerprint density at radius 2 is 2.12 bits per heavy atom. The lowest BCUT2D eigenvalue weighted by Gasteiger charge is -2.43. The van der Waals surface area contributed by atoms with E-state index in [2.05, 4.69) is 18.8 Å². The highest BCUT2D eigenvalue weighted by molar-refractivity contribution is 6.32. The van der Waals surface area contributed by atoms with Crippen molar-refractivity contribution in [1.82, 2.24) is 4.98 Å². The molecule has 1 saturated carbocycles. The van der Waals surface area contributed by atoms with Crippen LogP contribution in [0.25, 0.3) is 10.8 Å². The van der Waals surface area contributed by atoms with Crippen LogP contribution in [0.4, 0.5) is 0 Å². The minimum Gasteiger partial charge on any atom is -0.489 e. The van der Waals surface area contributed by atoms with Crippen molar-refractivity contribution in [3.63, 3.8) is 0 Å². The summed E-state index contributed by atoms with van der Waals surface area (Å²) >= 11 is 6.35. The van der Waals surface area contributed by atoms with Gasteiger partial charge in [0.2, 0.25) is 0 Å². The predicted octanol–water partition coefficient (Wildman–Crippen LogP) is 4.64. The van der Waals surface area contributed by atoms with Gasteiger partial charge in [0.05, 0.1) is 11.1 Å². The number of hydrogen-bond acceptors (Lipinski definition) is 3. The lowest BCUT2D eigenvalue weighted by atomic mass is 9.66. The summed E-state index contributed by atoms with van der Waals surface area (Å²) in [5.41, 5.74) is 6.40. The number of H-pyrrole nitrogens is 1. The maximum atomic E-state index is 11.9. The van der Waals surface area contributed by atoms with Crippen molar-refractivity contribution in [1.29, 1.82) is 0 Å². The van der Waals surface area contributed by atoms with Crippen LogP contribution in [-0.2, 0) is 0 Å². The molecular formula is C20H27ClN2O2. The summed E-state index contributed by atoms with van der Waals surface area (Å²) in [4.78, 5) is 14.5. The van der Waals surface area contributed by atoms with Gasteiger partial charge in [0.15, 0.2) is 0 Å². The first-order valence-corrected chi connectivity index (χ1v) is 9.56. The molecule has 0 bridgehead atoms. The van der Waals surface area contributed by atoms with Crippen molar-refractivity contribution in [3.05, 3.63) is 39.8 Å². The quantitative estimate of drug-likeness (QED) is 0.814. The molecule has 1 aromatic heterocycles. The molecule has 1 aliphatic carbocycles. The summed E-state index contributed by atoms with van der Waals surface area (Å²) in [5.74, 6) is 0.661. The molecule has 1 atom stereocenters. The maximum absolute atomic E-state index is 11.9.